The Morgan fingerprint density at radius 2 is 1.27 bits per heavy atom. The zero-order chi connectivity index (χ0) is 21.3. The number of ether oxygens (including phenoxy) is 2. The van der Waals surface area contributed by atoms with Crippen LogP contribution in [0.2, 0.25) is 0 Å². The molecule has 0 aliphatic heterocycles. The predicted octanol–water partition coefficient (Wildman–Crippen LogP) is 6.36. The Labute approximate surface area is 181 Å². The molecule has 158 valence electrons. The monoisotopic (exact) mass is 403 g/mol. The van der Waals surface area contributed by atoms with Gasteiger partial charge in [-0.3, -0.25) is 0 Å². The molecule has 30 heavy (non-hydrogen) atoms. The number of rotatable bonds is 10. The van der Waals surface area contributed by atoms with Crippen molar-refractivity contribution in [2.75, 3.05) is 13.7 Å². The summed E-state index contributed by atoms with van der Waals surface area (Å²) in [5.41, 5.74) is 3.92. The van der Waals surface area contributed by atoms with Crippen LogP contribution < -0.4 is 14.8 Å². The van der Waals surface area contributed by atoms with Crippen molar-refractivity contribution in [2.45, 2.75) is 45.3 Å². The smallest absolute Gasteiger partial charge is 0.119 e. The topological polar surface area (TPSA) is 30.5 Å². The van der Waals surface area contributed by atoms with Crippen molar-refractivity contribution in [3.05, 3.63) is 95.6 Å². The van der Waals surface area contributed by atoms with Crippen LogP contribution in [0.5, 0.6) is 11.5 Å². The summed E-state index contributed by atoms with van der Waals surface area (Å²) in [5, 5.41) is 3.68. The molecule has 0 unspecified atom stereocenters. The van der Waals surface area contributed by atoms with E-state index in [-0.39, 0.29) is 12.1 Å². The first-order valence-electron chi connectivity index (χ1n) is 10.8. The molecule has 0 radical (unpaired) electrons. The zero-order valence-corrected chi connectivity index (χ0v) is 18.5. The molecule has 0 amide bonds. The highest BCUT2D eigenvalue weighted by atomic mass is 16.5. The minimum Gasteiger partial charge on any atom is -0.497 e. The van der Waals surface area contributed by atoms with Crippen LogP contribution in [0.25, 0.3) is 0 Å². The average molecular weight is 404 g/mol. The van der Waals surface area contributed by atoms with E-state index in [1.165, 1.54) is 16.7 Å². The summed E-state index contributed by atoms with van der Waals surface area (Å²) in [6.45, 7) is 7.24. The average Bonchev–Trinajstić information content (AvgIpc) is 2.77. The molecule has 0 saturated heterocycles. The molecule has 0 aromatic heterocycles. The van der Waals surface area contributed by atoms with Gasteiger partial charge < -0.3 is 14.8 Å². The van der Waals surface area contributed by atoms with Gasteiger partial charge in [-0.2, -0.15) is 0 Å². The second-order valence-corrected chi connectivity index (χ2v) is 7.94. The van der Waals surface area contributed by atoms with E-state index in [1.54, 1.807) is 7.11 Å². The second-order valence-electron chi connectivity index (χ2n) is 7.94. The van der Waals surface area contributed by atoms with E-state index in [0.29, 0.717) is 5.92 Å². The van der Waals surface area contributed by atoms with Crippen LogP contribution in [0.1, 0.15) is 55.8 Å². The van der Waals surface area contributed by atoms with Gasteiger partial charge in [0.2, 0.25) is 0 Å². The van der Waals surface area contributed by atoms with E-state index in [1.807, 2.05) is 12.1 Å². The van der Waals surface area contributed by atoms with Crippen molar-refractivity contribution in [3.8, 4) is 11.5 Å². The van der Waals surface area contributed by atoms with Gasteiger partial charge in [-0.15, -0.1) is 0 Å². The van der Waals surface area contributed by atoms with Crippen LogP contribution in [0.15, 0.2) is 78.9 Å². The Balaban J connectivity index is 1.67. The maximum Gasteiger partial charge on any atom is 0.119 e. The summed E-state index contributed by atoms with van der Waals surface area (Å²) in [5.74, 6) is 2.15. The minimum absolute atomic E-state index is 0.185. The molecule has 0 spiro atoms. The van der Waals surface area contributed by atoms with E-state index in [2.05, 4.69) is 92.8 Å². The quantitative estimate of drug-likeness (QED) is 0.427. The summed E-state index contributed by atoms with van der Waals surface area (Å²) >= 11 is 0. The molecule has 3 heteroatoms. The van der Waals surface area contributed by atoms with Crippen LogP contribution in [-0.4, -0.2) is 19.8 Å². The molecule has 3 rings (SSSR count). The summed E-state index contributed by atoms with van der Waals surface area (Å²) in [7, 11) is 1.70. The minimum atomic E-state index is 0.185. The Morgan fingerprint density at radius 3 is 1.87 bits per heavy atom. The summed E-state index contributed by atoms with van der Waals surface area (Å²) < 4.78 is 11.1. The van der Waals surface area contributed by atoms with Crippen molar-refractivity contribution in [2.24, 2.45) is 0 Å². The van der Waals surface area contributed by atoms with E-state index in [4.69, 9.17) is 9.47 Å². The van der Waals surface area contributed by atoms with Crippen molar-refractivity contribution >= 4 is 0 Å². The van der Waals surface area contributed by atoms with Crippen LogP contribution in [0, 0.1) is 0 Å². The highest BCUT2D eigenvalue weighted by Gasteiger charge is 2.15. The molecule has 0 aliphatic carbocycles. The molecule has 3 nitrogen and oxygen atoms in total. The number of hydrogen-bond donors (Lipinski definition) is 1. The highest BCUT2D eigenvalue weighted by Crippen LogP contribution is 2.29. The molecule has 0 bridgehead atoms. The van der Waals surface area contributed by atoms with E-state index in [0.717, 1.165) is 24.5 Å². The molecule has 3 aromatic carbocycles. The Kier molecular flexibility index (Phi) is 7.92. The number of nitrogens with one attached hydrogen (secondary N) is 1. The van der Waals surface area contributed by atoms with Gasteiger partial charge in [-0.1, -0.05) is 54.6 Å². The lowest BCUT2D eigenvalue weighted by molar-refractivity contribution is 0.242. The number of benzene rings is 3. The first kappa shape index (κ1) is 21.9. The molecule has 0 heterocycles. The lowest BCUT2D eigenvalue weighted by Crippen LogP contribution is -2.21. The fraction of sp³-hybridized carbons (Fsp3) is 0.333. The summed E-state index contributed by atoms with van der Waals surface area (Å²) in [6.07, 6.45) is 1.21. The fourth-order valence-corrected chi connectivity index (χ4v) is 3.72. The van der Waals surface area contributed by atoms with Crippen molar-refractivity contribution in [1.82, 2.24) is 5.32 Å². The van der Waals surface area contributed by atoms with E-state index in [9.17, 15) is 0 Å². The Hall–Kier alpha value is -2.78. The molecule has 0 saturated carbocycles. The van der Waals surface area contributed by atoms with Crippen LogP contribution in [-0.2, 0) is 0 Å². The highest BCUT2D eigenvalue weighted by molar-refractivity contribution is 5.36. The standard InChI is InChI=1S/C27H33NO2/c1-20(2)30-26-16-12-24(13-17-26)27(23-8-6-5-7-9-23)18-19-28-21(3)22-10-14-25(29-4)15-11-22/h5-17,20-21,27-28H,18-19H2,1-4H3/t21-,27+/m1/s1. The van der Waals surface area contributed by atoms with Crippen LogP contribution in [0.3, 0.4) is 0 Å². The molecular weight excluding hydrogens is 370 g/mol. The third-order valence-corrected chi connectivity index (χ3v) is 5.36. The van der Waals surface area contributed by atoms with Gasteiger partial charge in [0, 0.05) is 12.0 Å². The summed E-state index contributed by atoms with van der Waals surface area (Å²) in [6, 6.07) is 27.9. The molecule has 0 aliphatic rings. The molecular formula is C27H33NO2. The Bertz CT molecular complexity index is 873. The normalized spacial score (nSPS) is 13.1. The number of methoxy groups -OCH3 is 1. The maximum absolute atomic E-state index is 5.81. The fourth-order valence-electron chi connectivity index (χ4n) is 3.72. The zero-order valence-electron chi connectivity index (χ0n) is 18.5. The van der Waals surface area contributed by atoms with Gasteiger partial charge in [0.1, 0.15) is 11.5 Å². The number of hydrogen-bond acceptors (Lipinski definition) is 3. The van der Waals surface area contributed by atoms with E-state index >= 15 is 0 Å². The molecule has 1 N–H and O–H groups in total. The van der Waals surface area contributed by atoms with Crippen molar-refractivity contribution in [1.29, 1.82) is 0 Å². The van der Waals surface area contributed by atoms with Crippen molar-refractivity contribution < 1.29 is 9.47 Å². The summed E-state index contributed by atoms with van der Waals surface area (Å²) in [4.78, 5) is 0. The van der Waals surface area contributed by atoms with Gasteiger partial charge in [0.05, 0.1) is 13.2 Å². The molecule has 0 fully saturated rings. The van der Waals surface area contributed by atoms with Crippen LogP contribution >= 0.6 is 0 Å². The second kappa shape index (κ2) is 10.8. The largest absolute Gasteiger partial charge is 0.497 e. The van der Waals surface area contributed by atoms with E-state index < -0.39 is 0 Å². The lowest BCUT2D eigenvalue weighted by atomic mass is 9.88. The van der Waals surface area contributed by atoms with Crippen molar-refractivity contribution in [3.63, 3.8) is 0 Å². The predicted molar refractivity (Wildman–Crippen MR) is 125 cm³/mol. The SMILES string of the molecule is COc1ccc([C@@H](C)NCC[C@@H](c2ccccc2)c2ccc(OC(C)C)cc2)cc1. The maximum atomic E-state index is 5.81. The van der Waals surface area contributed by atoms with Gasteiger partial charge in [0.15, 0.2) is 0 Å². The first-order valence-corrected chi connectivity index (χ1v) is 10.8. The third-order valence-electron chi connectivity index (χ3n) is 5.36. The molecule has 3 aromatic rings. The van der Waals surface area contributed by atoms with Gasteiger partial charge in [-0.25, -0.2) is 0 Å². The Morgan fingerprint density at radius 1 is 0.700 bits per heavy atom. The van der Waals surface area contributed by atoms with Gasteiger partial charge in [0.25, 0.3) is 0 Å². The van der Waals surface area contributed by atoms with Crippen LogP contribution in [0.4, 0.5) is 0 Å². The van der Waals surface area contributed by atoms with Gasteiger partial charge in [-0.05, 0) is 74.7 Å². The van der Waals surface area contributed by atoms with Gasteiger partial charge >= 0.3 is 0 Å². The first-order chi connectivity index (χ1) is 14.6. The molecule has 2 atom stereocenters. The third kappa shape index (κ3) is 6.11. The lowest BCUT2D eigenvalue weighted by Gasteiger charge is -2.21.